The van der Waals surface area contributed by atoms with Crippen LogP contribution in [0.4, 0.5) is 5.69 Å². The van der Waals surface area contributed by atoms with Gasteiger partial charge in [0.25, 0.3) is 0 Å². The van der Waals surface area contributed by atoms with Crippen LogP contribution in [-0.2, 0) is 0 Å². The maximum atomic E-state index is 2.51. The molecule has 32 heavy (non-hydrogen) atoms. The molecule has 0 atom stereocenters. The van der Waals surface area contributed by atoms with E-state index in [0.29, 0.717) is 0 Å². The molecule has 3 aromatic rings. The molecule has 4 rings (SSSR count). The summed E-state index contributed by atoms with van der Waals surface area (Å²) in [6.45, 7) is 12.0. The SMILES string of the molecule is CC1=C(c2ccccc2)C(c2ccccc2)=C(C)C1c1cc([Si](C)(C)C)ccc1N(C)C. The molecule has 0 radical (unpaired) electrons. The van der Waals surface area contributed by atoms with Crippen LogP contribution < -0.4 is 10.1 Å². The van der Waals surface area contributed by atoms with Crippen molar-refractivity contribution in [3.8, 4) is 0 Å². The Labute approximate surface area is 195 Å². The first-order valence-electron chi connectivity index (χ1n) is 11.5. The molecule has 0 amide bonds. The van der Waals surface area contributed by atoms with Crippen molar-refractivity contribution in [1.82, 2.24) is 0 Å². The Morgan fingerprint density at radius 3 is 1.53 bits per heavy atom. The lowest BCUT2D eigenvalue weighted by Gasteiger charge is -2.27. The van der Waals surface area contributed by atoms with Crippen molar-refractivity contribution >= 4 is 30.1 Å². The van der Waals surface area contributed by atoms with Gasteiger partial charge in [-0.1, -0.05) is 109 Å². The van der Waals surface area contributed by atoms with Crippen LogP contribution in [-0.4, -0.2) is 22.2 Å². The summed E-state index contributed by atoms with van der Waals surface area (Å²) in [4.78, 5) is 2.27. The van der Waals surface area contributed by atoms with E-state index in [9.17, 15) is 0 Å². The molecule has 0 aromatic heterocycles. The molecule has 1 aliphatic carbocycles. The fourth-order valence-electron chi connectivity index (χ4n) is 5.09. The smallest absolute Gasteiger partial charge is 0.0776 e. The number of anilines is 1. The van der Waals surface area contributed by atoms with E-state index in [0.717, 1.165) is 0 Å². The minimum Gasteiger partial charge on any atom is -0.377 e. The van der Waals surface area contributed by atoms with Gasteiger partial charge in [-0.05, 0) is 47.8 Å². The van der Waals surface area contributed by atoms with Gasteiger partial charge < -0.3 is 4.90 Å². The topological polar surface area (TPSA) is 3.24 Å². The fourth-order valence-corrected chi connectivity index (χ4v) is 6.26. The van der Waals surface area contributed by atoms with Crippen LogP contribution in [0, 0.1) is 0 Å². The van der Waals surface area contributed by atoms with E-state index in [1.807, 2.05) is 0 Å². The zero-order valence-electron chi connectivity index (χ0n) is 20.5. The zero-order chi connectivity index (χ0) is 23.0. The molecule has 0 heterocycles. The molecule has 0 unspecified atom stereocenters. The van der Waals surface area contributed by atoms with Gasteiger partial charge in [0.05, 0.1) is 8.07 Å². The second-order valence-corrected chi connectivity index (χ2v) is 15.3. The summed E-state index contributed by atoms with van der Waals surface area (Å²) < 4.78 is 0. The van der Waals surface area contributed by atoms with Crippen molar-refractivity contribution in [2.75, 3.05) is 19.0 Å². The Balaban J connectivity index is 2.01. The predicted molar refractivity (Wildman–Crippen MR) is 145 cm³/mol. The first kappa shape index (κ1) is 22.4. The van der Waals surface area contributed by atoms with E-state index in [2.05, 4.69) is 131 Å². The molecule has 1 nitrogen and oxygen atoms in total. The third-order valence-electron chi connectivity index (χ3n) is 6.72. The first-order chi connectivity index (χ1) is 15.2. The van der Waals surface area contributed by atoms with Crippen molar-refractivity contribution in [3.05, 3.63) is 107 Å². The number of hydrogen-bond donors (Lipinski definition) is 0. The lowest BCUT2D eigenvalue weighted by atomic mass is 9.87. The number of benzene rings is 3. The second kappa shape index (κ2) is 8.59. The standard InChI is InChI=1S/C30H35NSi/c1-21-28(26-20-25(32(5,6)7)18-19-27(26)31(3)4)22(2)30(24-16-12-9-13-17-24)29(21)23-14-10-8-11-15-23/h8-20,28H,1-7H3. The van der Waals surface area contributed by atoms with Gasteiger partial charge in [-0.15, -0.1) is 0 Å². The van der Waals surface area contributed by atoms with Crippen LogP contribution in [0.15, 0.2) is 90.0 Å². The lowest BCUT2D eigenvalue weighted by Crippen LogP contribution is -2.38. The molecule has 0 spiro atoms. The van der Waals surface area contributed by atoms with Crippen LogP contribution in [0.3, 0.4) is 0 Å². The van der Waals surface area contributed by atoms with E-state index < -0.39 is 8.07 Å². The maximum absolute atomic E-state index is 2.51. The van der Waals surface area contributed by atoms with Gasteiger partial charge in [-0.3, -0.25) is 0 Å². The molecule has 0 bridgehead atoms. The van der Waals surface area contributed by atoms with Crippen molar-refractivity contribution in [2.45, 2.75) is 39.4 Å². The molecular weight excluding hydrogens is 402 g/mol. The Morgan fingerprint density at radius 1 is 0.656 bits per heavy atom. The van der Waals surface area contributed by atoms with E-state index in [4.69, 9.17) is 0 Å². The normalized spacial score (nSPS) is 15.0. The van der Waals surface area contributed by atoms with E-state index >= 15 is 0 Å². The summed E-state index contributed by atoms with van der Waals surface area (Å²) >= 11 is 0. The van der Waals surface area contributed by atoms with E-state index in [1.165, 1.54) is 49.9 Å². The minimum absolute atomic E-state index is 0.286. The summed E-state index contributed by atoms with van der Waals surface area (Å²) in [5.41, 5.74) is 11.0. The van der Waals surface area contributed by atoms with Gasteiger partial charge in [-0.2, -0.15) is 0 Å². The highest BCUT2D eigenvalue weighted by Gasteiger charge is 2.33. The number of rotatable bonds is 5. The zero-order valence-corrected chi connectivity index (χ0v) is 21.5. The molecule has 0 aliphatic heterocycles. The second-order valence-electron chi connectivity index (χ2n) is 10.2. The average Bonchev–Trinajstić information content (AvgIpc) is 3.03. The summed E-state index contributed by atoms with van der Waals surface area (Å²) in [6.07, 6.45) is 0. The van der Waals surface area contributed by atoms with Crippen LogP contribution in [0.25, 0.3) is 11.1 Å². The fraction of sp³-hybridized carbons (Fsp3) is 0.267. The van der Waals surface area contributed by atoms with Gasteiger partial charge in [0.15, 0.2) is 0 Å². The Bertz CT molecular complexity index is 1120. The van der Waals surface area contributed by atoms with Crippen molar-refractivity contribution < 1.29 is 0 Å². The molecule has 0 fully saturated rings. The van der Waals surface area contributed by atoms with Crippen LogP contribution in [0.1, 0.15) is 36.5 Å². The van der Waals surface area contributed by atoms with Gasteiger partial charge in [0, 0.05) is 25.7 Å². The van der Waals surface area contributed by atoms with Crippen LogP contribution in [0.5, 0.6) is 0 Å². The van der Waals surface area contributed by atoms with Crippen LogP contribution >= 0.6 is 0 Å². The van der Waals surface area contributed by atoms with Gasteiger partial charge in [-0.25, -0.2) is 0 Å². The third-order valence-corrected chi connectivity index (χ3v) is 8.76. The van der Waals surface area contributed by atoms with E-state index in [1.54, 1.807) is 0 Å². The van der Waals surface area contributed by atoms with Gasteiger partial charge >= 0.3 is 0 Å². The Hall–Kier alpha value is -2.84. The highest BCUT2D eigenvalue weighted by molar-refractivity contribution is 6.88. The van der Waals surface area contributed by atoms with Crippen molar-refractivity contribution in [2.24, 2.45) is 0 Å². The largest absolute Gasteiger partial charge is 0.377 e. The highest BCUT2D eigenvalue weighted by atomic mass is 28.3. The highest BCUT2D eigenvalue weighted by Crippen LogP contribution is 2.52. The molecule has 164 valence electrons. The van der Waals surface area contributed by atoms with Gasteiger partial charge in [0.2, 0.25) is 0 Å². The molecule has 3 aromatic carbocycles. The van der Waals surface area contributed by atoms with Crippen LogP contribution in [0.2, 0.25) is 19.6 Å². The van der Waals surface area contributed by atoms with E-state index in [-0.39, 0.29) is 5.92 Å². The molecule has 0 saturated carbocycles. The summed E-state index contributed by atoms with van der Waals surface area (Å²) in [5, 5.41) is 1.52. The molecule has 2 heteroatoms. The first-order valence-corrected chi connectivity index (χ1v) is 15.0. The van der Waals surface area contributed by atoms with Gasteiger partial charge in [0.1, 0.15) is 0 Å². The summed E-state index contributed by atoms with van der Waals surface area (Å²) in [6, 6.07) is 29.0. The lowest BCUT2D eigenvalue weighted by molar-refractivity contribution is 0.933. The summed E-state index contributed by atoms with van der Waals surface area (Å²) in [5.74, 6) is 0.286. The van der Waals surface area contributed by atoms with Crippen molar-refractivity contribution in [3.63, 3.8) is 0 Å². The number of allylic oxidation sites excluding steroid dienone is 4. The molecule has 0 N–H and O–H groups in total. The maximum Gasteiger partial charge on any atom is 0.0776 e. The predicted octanol–water partition coefficient (Wildman–Crippen LogP) is 7.34. The third kappa shape index (κ3) is 4.00. The average molecular weight is 438 g/mol. The number of nitrogens with zero attached hydrogens (tertiary/aromatic N) is 1. The summed E-state index contributed by atoms with van der Waals surface area (Å²) in [7, 11) is 2.90. The molecular formula is C30H35NSi. The monoisotopic (exact) mass is 437 g/mol. The Morgan fingerprint density at radius 2 is 1.12 bits per heavy atom. The molecule has 0 saturated heterocycles. The Kier molecular flexibility index (Phi) is 6.00. The molecule has 1 aliphatic rings. The van der Waals surface area contributed by atoms with Crippen molar-refractivity contribution in [1.29, 1.82) is 0 Å². The number of hydrogen-bond acceptors (Lipinski definition) is 1. The quantitative estimate of drug-likeness (QED) is 0.377. The minimum atomic E-state index is -1.43.